The molecule has 0 fully saturated rings. The van der Waals surface area contributed by atoms with Crippen LogP contribution in [0.15, 0.2) is 0 Å². The molecule has 0 spiro atoms. The van der Waals surface area contributed by atoms with Crippen molar-refractivity contribution in [2.75, 3.05) is 6.54 Å². The van der Waals surface area contributed by atoms with Gasteiger partial charge in [0.05, 0.1) is 0 Å². The van der Waals surface area contributed by atoms with Crippen LogP contribution in [0.5, 0.6) is 0 Å². The van der Waals surface area contributed by atoms with Gasteiger partial charge >= 0.3 is 6.03 Å². The number of unbranched alkanes of at least 4 members (excludes halogenated alkanes) is 2. The van der Waals surface area contributed by atoms with Crippen LogP contribution in [0.25, 0.3) is 0 Å². The lowest BCUT2D eigenvalue weighted by atomic mass is 10.2. The Hall–Kier alpha value is -0.770. The molecular weight excluding hydrogens is 130 g/mol. The first kappa shape index (κ1) is 9.23. The number of nitrogens with one attached hydrogen (secondary N) is 2. The number of urea groups is 1. The van der Waals surface area contributed by atoms with Gasteiger partial charge in [0.1, 0.15) is 0 Å². The Labute approximate surface area is 61.1 Å². The molecule has 0 bridgehead atoms. The summed E-state index contributed by atoms with van der Waals surface area (Å²) in [6.07, 6.45) is 3.42. The van der Waals surface area contributed by atoms with Gasteiger partial charge in [0, 0.05) is 6.54 Å². The smallest absolute Gasteiger partial charge is 0.326 e. The number of carbonyl (C=O) groups is 1. The van der Waals surface area contributed by atoms with Crippen LogP contribution in [0, 0.1) is 0 Å². The summed E-state index contributed by atoms with van der Waals surface area (Å²) in [5.74, 6) is 0. The van der Waals surface area contributed by atoms with Crippen LogP contribution in [0.1, 0.15) is 26.2 Å². The van der Waals surface area contributed by atoms with Gasteiger partial charge in [-0.05, 0) is 6.42 Å². The van der Waals surface area contributed by atoms with Gasteiger partial charge in [-0.2, -0.15) is 0 Å². The zero-order valence-electron chi connectivity index (χ0n) is 6.31. The van der Waals surface area contributed by atoms with Gasteiger partial charge in [-0.15, -0.1) is 0 Å². The molecule has 0 aliphatic heterocycles. The van der Waals surface area contributed by atoms with Crippen LogP contribution in [0.4, 0.5) is 4.79 Å². The van der Waals surface area contributed by atoms with Crippen molar-refractivity contribution in [1.29, 1.82) is 0 Å². The molecule has 0 saturated heterocycles. The molecule has 4 heteroatoms. The summed E-state index contributed by atoms with van der Waals surface area (Å²) >= 11 is 0. The number of carbonyl (C=O) groups excluding carboxylic acids is 1. The molecule has 0 heterocycles. The predicted octanol–water partition coefficient (Wildman–Crippen LogP) is 0.350. The topological polar surface area (TPSA) is 67.2 Å². The van der Waals surface area contributed by atoms with Crippen molar-refractivity contribution in [3.05, 3.63) is 0 Å². The first-order chi connectivity index (χ1) is 4.77. The maximum absolute atomic E-state index is 10.1. The molecule has 0 radical (unpaired) electrons. The number of hydrazine groups is 1. The van der Waals surface area contributed by atoms with E-state index >= 15 is 0 Å². The zero-order valence-corrected chi connectivity index (χ0v) is 6.31. The van der Waals surface area contributed by atoms with E-state index in [2.05, 4.69) is 17.8 Å². The van der Waals surface area contributed by atoms with Gasteiger partial charge in [0.15, 0.2) is 0 Å². The van der Waals surface area contributed by atoms with E-state index in [1.807, 2.05) is 0 Å². The monoisotopic (exact) mass is 145 g/mol. The van der Waals surface area contributed by atoms with Crippen molar-refractivity contribution in [3.8, 4) is 0 Å². The first-order valence-electron chi connectivity index (χ1n) is 3.55. The highest BCUT2D eigenvalue weighted by molar-refractivity contribution is 5.70. The largest absolute Gasteiger partial charge is 0.351 e. The van der Waals surface area contributed by atoms with E-state index < -0.39 is 6.03 Å². The standard InChI is InChI=1S/C6H15N3O/c1-2-3-4-5-8-9-6(7)10/h8H,2-5H2,1H3,(H3,7,9,10). The molecule has 0 atom stereocenters. The summed E-state index contributed by atoms with van der Waals surface area (Å²) in [6.45, 7) is 2.91. The maximum Gasteiger partial charge on any atom is 0.326 e. The lowest BCUT2D eigenvalue weighted by Gasteiger charge is -2.02. The number of amides is 2. The van der Waals surface area contributed by atoms with E-state index in [-0.39, 0.29) is 0 Å². The second kappa shape index (κ2) is 6.35. The highest BCUT2D eigenvalue weighted by Gasteiger charge is 1.87. The highest BCUT2D eigenvalue weighted by Crippen LogP contribution is 1.89. The maximum atomic E-state index is 10.1. The molecule has 10 heavy (non-hydrogen) atoms. The minimum atomic E-state index is -0.531. The van der Waals surface area contributed by atoms with Crippen molar-refractivity contribution in [2.24, 2.45) is 5.73 Å². The Bertz CT molecular complexity index is 95.0. The van der Waals surface area contributed by atoms with Crippen molar-refractivity contribution >= 4 is 6.03 Å². The average Bonchev–Trinajstić information content (AvgIpc) is 1.87. The minimum Gasteiger partial charge on any atom is -0.351 e. The van der Waals surface area contributed by atoms with E-state index in [0.29, 0.717) is 0 Å². The zero-order chi connectivity index (χ0) is 7.82. The van der Waals surface area contributed by atoms with Crippen LogP contribution < -0.4 is 16.6 Å². The Balaban J connectivity index is 2.84. The quantitative estimate of drug-likeness (QED) is 0.386. The predicted molar refractivity (Wildman–Crippen MR) is 40.2 cm³/mol. The molecule has 0 aliphatic carbocycles. The summed E-state index contributed by atoms with van der Waals surface area (Å²) in [5, 5.41) is 0. The van der Waals surface area contributed by atoms with E-state index in [1.54, 1.807) is 0 Å². The van der Waals surface area contributed by atoms with Crippen LogP contribution in [0.2, 0.25) is 0 Å². The molecule has 60 valence electrons. The molecule has 4 nitrogen and oxygen atoms in total. The van der Waals surface area contributed by atoms with Crippen molar-refractivity contribution in [3.63, 3.8) is 0 Å². The van der Waals surface area contributed by atoms with E-state index in [9.17, 15) is 4.79 Å². The molecule has 0 aliphatic rings. The van der Waals surface area contributed by atoms with Crippen molar-refractivity contribution in [2.45, 2.75) is 26.2 Å². The lowest BCUT2D eigenvalue weighted by Crippen LogP contribution is -2.41. The van der Waals surface area contributed by atoms with Gasteiger partial charge in [0.2, 0.25) is 0 Å². The number of nitrogens with two attached hydrogens (primary N) is 1. The number of hydrogen-bond donors (Lipinski definition) is 3. The number of primary amides is 1. The Kier molecular flexibility index (Phi) is 5.86. The normalized spacial score (nSPS) is 9.30. The average molecular weight is 145 g/mol. The van der Waals surface area contributed by atoms with Gasteiger partial charge in [-0.1, -0.05) is 19.8 Å². The third kappa shape index (κ3) is 7.23. The van der Waals surface area contributed by atoms with Gasteiger partial charge in [-0.25, -0.2) is 10.2 Å². The fraction of sp³-hybridized carbons (Fsp3) is 0.833. The van der Waals surface area contributed by atoms with Gasteiger partial charge < -0.3 is 5.73 Å². The molecule has 0 saturated carbocycles. The Morgan fingerprint density at radius 1 is 1.50 bits per heavy atom. The van der Waals surface area contributed by atoms with Crippen LogP contribution >= 0.6 is 0 Å². The van der Waals surface area contributed by atoms with Crippen LogP contribution in [0.3, 0.4) is 0 Å². The van der Waals surface area contributed by atoms with Crippen molar-refractivity contribution in [1.82, 2.24) is 10.9 Å². The molecule has 0 rings (SSSR count). The third-order valence-corrected chi connectivity index (χ3v) is 1.12. The molecular formula is C6H15N3O. The number of rotatable bonds is 5. The van der Waals surface area contributed by atoms with Crippen LogP contribution in [-0.2, 0) is 0 Å². The number of hydrogen-bond acceptors (Lipinski definition) is 2. The van der Waals surface area contributed by atoms with E-state index in [1.165, 1.54) is 12.8 Å². The SMILES string of the molecule is CCCCCNNC(N)=O. The minimum absolute atomic E-state index is 0.531. The Morgan fingerprint density at radius 3 is 2.70 bits per heavy atom. The second-order valence-corrected chi connectivity index (χ2v) is 2.12. The third-order valence-electron chi connectivity index (χ3n) is 1.12. The molecule has 0 unspecified atom stereocenters. The summed E-state index contributed by atoms with van der Waals surface area (Å²) in [7, 11) is 0. The fourth-order valence-electron chi connectivity index (χ4n) is 0.613. The summed E-state index contributed by atoms with van der Waals surface area (Å²) < 4.78 is 0. The molecule has 0 aromatic heterocycles. The first-order valence-corrected chi connectivity index (χ1v) is 3.55. The Morgan fingerprint density at radius 2 is 2.20 bits per heavy atom. The van der Waals surface area contributed by atoms with Gasteiger partial charge in [0.25, 0.3) is 0 Å². The molecule has 4 N–H and O–H groups in total. The van der Waals surface area contributed by atoms with E-state index in [0.717, 1.165) is 13.0 Å². The van der Waals surface area contributed by atoms with Crippen LogP contribution in [-0.4, -0.2) is 12.6 Å². The highest BCUT2D eigenvalue weighted by atomic mass is 16.2. The molecule has 0 aromatic rings. The van der Waals surface area contributed by atoms with Gasteiger partial charge in [-0.3, -0.25) is 5.43 Å². The van der Waals surface area contributed by atoms with Crippen molar-refractivity contribution < 1.29 is 4.79 Å². The molecule has 0 aromatic carbocycles. The second-order valence-electron chi connectivity index (χ2n) is 2.12. The summed E-state index contributed by atoms with van der Waals surface area (Å²) in [4.78, 5) is 10.1. The summed E-state index contributed by atoms with van der Waals surface area (Å²) in [6, 6.07) is -0.531. The fourth-order valence-corrected chi connectivity index (χ4v) is 0.613. The van der Waals surface area contributed by atoms with E-state index in [4.69, 9.17) is 5.73 Å². The lowest BCUT2D eigenvalue weighted by molar-refractivity contribution is 0.244. The summed E-state index contributed by atoms with van der Waals surface area (Å²) in [5.41, 5.74) is 9.78. The molecule has 2 amide bonds.